The van der Waals surface area contributed by atoms with E-state index in [0.29, 0.717) is 11.1 Å². The Hall–Kier alpha value is -9.42. The van der Waals surface area contributed by atoms with Crippen LogP contribution in [0.2, 0.25) is 0 Å². The average Bonchev–Trinajstić information content (AvgIpc) is 3.94. The molecular formula is C64H43N5. The number of hydrogen-bond acceptors (Lipinski definition) is 3. The lowest BCUT2D eigenvalue weighted by Crippen LogP contribution is -2.10. The van der Waals surface area contributed by atoms with Gasteiger partial charge in [0, 0.05) is 55.9 Å². The first kappa shape index (κ1) is 41.0. The molecule has 0 bridgehead atoms. The summed E-state index contributed by atoms with van der Waals surface area (Å²) in [5.41, 5.74) is 17.1. The molecule has 0 aliphatic rings. The van der Waals surface area contributed by atoms with Gasteiger partial charge in [-0.25, -0.2) is 0 Å². The third kappa shape index (κ3) is 7.46. The molecule has 0 spiro atoms. The minimum Gasteiger partial charge on any atom is -0.310 e. The van der Waals surface area contributed by atoms with Gasteiger partial charge in [0.2, 0.25) is 0 Å². The smallest absolute Gasteiger partial charge is 0.0991 e. The zero-order valence-electron chi connectivity index (χ0n) is 37.6. The van der Waals surface area contributed by atoms with E-state index in [1.807, 2.05) is 36.4 Å². The van der Waals surface area contributed by atoms with E-state index in [1.54, 1.807) is 0 Å². The maximum absolute atomic E-state index is 9.66. The van der Waals surface area contributed by atoms with Gasteiger partial charge in [-0.05, 0) is 149 Å². The molecule has 0 aliphatic heterocycles. The van der Waals surface area contributed by atoms with Crippen molar-refractivity contribution in [3.8, 4) is 34.6 Å². The minimum absolute atomic E-state index is 0.0634. The predicted octanol–water partition coefficient (Wildman–Crippen LogP) is 16.1. The second-order valence-electron chi connectivity index (χ2n) is 17.6. The number of benzene rings is 10. The first-order valence-electron chi connectivity index (χ1n) is 23.3. The van der Waals surface area contributed by atoms with E-state index in [1.165, 1.54) is 49.3 Å². The maximum atomic E-state index is 9.66. The van der Waals surface area contributed by atoms with E-state index < -0.39 is 0 Å². The molecule has 5 nitrogen and oxygen atoms in total. The Morgan fingerprint density at radius 1 is 0.362 bits per heavy atom. The Labute approximate surface area is 400 Å². The summed E-state index contributed by atoms with van der Waals surface area (Å²) in [5.74, 6) is 0.0634. The topological polar surface area (TPSA) is 60.7 Å². The number of rotatable bonds is 10. The van der Waals surface area contributed by atoms with Crippen molar-refractivity contribution in [2.45, 2.75) is 12.3 Å². The van der Waals surface area contributed by atoms with Crippen molar-refractivity contribution in [3.05, 3.63) is 270 Å². The second kappa shape index (κ2) is 17.4. The van der Waals surface area contributed by atoms with E-state index in [9.17, 15) is 10.5 Å². The van der Waals surface area contributed by atoms with E-state index >= 15 is 0 Å². The lowest BCUT2D eigenvalue weighted by atomic mass is 9.84. The summed E-state index contributed by atoms with van der Waals surface area (Å²) in [7, 11) is 0. The molecule has 1 unspecified atom stereocenters. The summed E-state index contributed by atoms with van der Waals surface area (Å²) < 4.78 is 4.69. The predicted molar refractivity (Wildman–Crippen MR) is 283 cm³/mol. The van der Waals surface area contributed by atoms with Crippen molar-refractivity contribution < 1.29 is 0 Å². The van der Waals surface area contributed by atoms with Crippen molar-refractivity contribution in [2.24, 2.45) is 0 Å². The van der Waals surface area contributed by atoms with Gasteiger partial charge in [0.1, 0.15) is 0 Å². The molecule has 2 aromatic heterocycles. The largest absolute Gasteiger partial charge is 0.310 e. The highest BCUT2D eigenvalue weighted by Crippen LogP contribution is 2.41. The van der Waals surface area contributed by atoms with E-state index in [0.717, 1.165) is 57.0 Å². The van der Waals surface area contributed by atoms with Crippen LogP contribution in [0.15, 0.2) is 243 Å². The van der Waals surface area contributed by atoms with Crippen LogP contribution in [0.5, 0.6) is 0 Å². The van der Waals surface area contributed by atoms with Crippen LogP contribution in [0.25, 0.3) is 66.1 Å². The number of hydrogen-bond donors (Lipinski definition) is 0. The first-order chi connectivity index (χ1) is 34.1. The second-order valence-corrected chi connectivity index (χ2v) is 17.6. The average molecular weight is 882 g/mol. The molecule has 12 rings (SSSR count). The fourth-order valence-corrected chi connectivity index (χ4v) is 10.2. The number of fused-ring (bicyclic) bond motifs is 6. The maximum Gasteiger partial charge on any atom is 0.0991 e. The summed E-state index contributed by atoms with van der Waals surface area (Å²) in [4.78, 5) is 2.27. The number of nitrogens with zero attached hydrogens (tertiary/aromatic N) is 5. The van der Waals surface area contributed by atoms with Gasteiger partial charge < -0.3 is 14.0 Å². The molecule has 10 aromatic carbocycles. The molecule has 0 amide bonds. The number of nitriles is 2. The molecule has 0 fully saturated rings. The van der Waals surface area contributed by atoms with E-state index in [4.69, 9.17) is 0 Å². The summed E-state index contributed by atoms with van der Waals surface area (Å²) >= 11 is 0. The number of aromatic nitrogens is 2. The number of anilines is 3. The highest BCUT2D eigenvalue weighted by molar-refractivity contribution is 6.11. The lowest BCUT2D eigenvalue weighted by Gasteiger charge is -2.26. The van der Waals surface area contributed by atoms with Crippen molar-refractivity contribution in [2.75, 3.05) is 4.90 Å². The normalized spacial score (nSPS) is 11.7. The molecule has 324 valence electrons. The van der Waals surface area contributed by atoms with Crippen molar-refractivity contribution in [1.29, 1.82) is 10.5 Å². The molecule has 0 saturated heterocycles. The SMILES string of the molecule is N#Cc1ccc(C(Cc2ccc(-c3ccc(N(c4ccc(C#N)cc4)c4ccc5c(c4)c4ccccc4n5-c4ccccc4)cc3)cc2)c2ccc3c(c2)c2ccccc2n3-c2ccccc2)cc1. The Morgan fingerprint density at radius 3 is 1.33 bits per heavy atom. The minimum atomic E-state index is 0.0634. The Balaban J connectivity index is 0.878. The Bertz CT molecular complexity index is 3910. The van der Waals surface area contributed by atoms with Gasteiger partial charge >= 0.3 is 0 Å². The summed E-state index contributed by atoms with van der Waals surface area (Å²) in [6, 6.07) is 90.2. The molecule has 12 aromatic rings. The Morgan fingerprint density at radius 2 is 0.783 bits per heavy atom. The summed E-state index contributed by atoms with van der Waals surface area (Å²) in [6.07, 6.45) is 0.794. The molecule has 0 radical (unpaired) electrons. The summed E-state index contributed by atoms with van der Waals surface area (Å²) in [6.45, 7) is 0. The molecule has 2 heterocycles. The van der Waals surface area contributed by atoms with Crippen molar-refractivity contribution in [3.63, 3.8) is 0 Å². The van der Waals surface area contributed by atoms with Gasteiger partial charge in [-0.1, -0.05) is 127 Å². The molecule has 0 aliphatic carbocycles. The van der Waals surface area contributed by atoms with Gasteiger partial charge in [0.25, 0.3) is 0 Å². The van der Waals surface area contributed by atoms with Crippen LogP contribution in [0.3, 0.4) is 0 Å². The molecule has 0 N–H and O–H groups in total. The Kier molecular flexibility index (Phi) is 10.4. The van der Waals surface area contributed by atoms with Gasteiger partial charge in [-0.2, -0.15) is 10.5 Å². The highest BCUT2D eigenvalue weighted by Gasteiger charge is 2.21. The van der Waals surface area contributed by atoms with E-state index in [2.05, 4.69) is 232 Å². The van der Waals surface area contributed by atoms with Crippen LogP contribution in [-0.2, 0) is 6.42 Å². The van der Waals surface area contributed by atoms with Crippen LogP contribution in [0, 0.1) is 22.7 Å². The number of para-hydroxylation sites is 4. The first-order valence-corrected chi connectivity index (χ1v) is 23.3. The molecular weight excluding hydrogens is 839 g/mol. The third-order valence-electron chi connectivity index (χ3n) is 13.6. The van der Waals surface area contributed by atoms with E-state index in [-0.39, 0.29) is 5.92 Å². The van der Waals surface area contributed by atoms with Crippen LogP contribution in [0.1, 0.15) is 33.7 Å². The summed E-state index contributed by atoms with van der Waals surface area (Å²) in [5, 5.41) is 24.1. The zero-order chi connectivity index (χ0) is 46.3. The van der Waals surface area contributed by atoms with Crippen LogP contribution < -0.4 is 4.90 Å². The fourth-order valence-electron chi connectivity index (χ4n) is 10.2. The zero-order valence-corrected chi connectivity index (χ0v) is 37.6. The van der Waals surface area contributed by atoms with Gasteiger partial charge in [-0.15, -0.1) is 0 Å². The molecule has 1 atom stereocenters. The van der Waals surface area contributed by atoms with Crippen molar-refractivity contribution in [1.82, 2.24) is 9.13 Å². The molecule has 5 heteroatoms. The van der Waals surface area contributed by atoms with Gasteiger partial charge in [0.05, 0.1) is 45.3 Å². The molecule has 69 heavy (non-hydrogen) atoms. The highest BCUT2D eigenvalue weighted by atomic mass is 15.1. The van der Waals surface area contributed by atoms with Crippen LogP contribution in [-0.4, -0.2) is 9.13 Å². The van der Waals surface area contributed by atoms with Crippen LogP contribution in [0.4, 0.5) is 17.1 Å². The quantitative estimate of drug-likeness (QED) is 0.137. The van der Waals surface area contributed by atoms with Crippen molar-refractivity contribution >= 4 is 60.7 Å². The fraction of sp³-hybridized carbons (Fsp3) is 0.0312. The molecule has 0 saturated carbocycles. The van der Waals surface area contributed by atoms with Gasteiger partial charge in [0.15, 0.2) is 0 Å². The monoisotopic (exact) mass is 881 g/mol. The lowest BCUT2D eigenvalue weighted by molar-refractivity contribution is 0.806. The third-order valence-corrected chi connectivity index (χ3v) is 13.6. The van der Waals surface area contributed by atoms with Gasteiger partial charge in [-0.3, -0.25) is 0 Å². The van der Waals surface area contributed by atoms with Crippen LogP contribution >= 0.6 is 0 Å². The standard InChI is InChI=1S/C64H43N5/c65-42-45-21-27-49(28-22-45)58(50-31-37-63-59(40-50)56-15-7-9-17-61(56)68(63)51-11-3-1-4-12-51)39-44-19-25-47(26-20-44)48-29-34-54(35-30-48)67(53-32-23-46(43-66)24-33-53)55-36-38-64-60(41-55)57-16-8-10-18-62(57)69(64)52-13-5-2-6-14-52/h1-38,40-41,58H,39H2.